The second kappa shape index (κ2) is 6.31. The molecule has 2 aromatic rings. The SMILES string of the molecule is CCCNCCN(C)c1cnc2ccccc2n1. The first kappa shape index (κ1) is 12.8. The lowest BCUT2D eigenvalue weighted by Crippen LogP contribution is -2.30. The first-order valence-electron chi connectivity index (χ1n) is 6.45. The number of nitrogens with one attached hydrogen (secondary N) is 1. The van der Waals surface area contributed by atoms with E-state index in [2.05, 4.69) is 27.1 Å². The van der Waals surface area contributed by atoms with Crippen molar-refractivity contribution in [3.63, 3.8) is 0 Å². The Morgan fingerprint density at radius 1 is 1.17 bits per heavy atom. The van der Waals surface area contributed by atoms with Crippen LogP contribution in [0.5, 0.6) is 0 Å². The molecule has 0 saturated carbocycles. The van der Waals surface area contributed by atoms with Gasteiger partial charge in [0.25, 0.3) is 0 Å². The highest BCUT2D eigenvalue weighted by Gasteiger charge is 2.03. The predicted octanol–water partition coefficient (Wildman–Crippen LogP) is 2.07. The molecule has 4 nitrogen and oxygen atoms in total. The number of para-hydroxylation sites is 2. The number of hydrogen-bond donors (Lipinski definition) is 1. The van der Waals surface area contributed by atoms with Gasteiger partial charge in [-0.25, -0.2) is 4.98 Å². The van der Waals surface area contributed by atoms with Crippen LogP contribution in [0.15, 0.2) is 30.5 Å². The van der Waals surface area contributed by atoms with Gasteiger partial charge in [0, 0.05) is 20.1 Å². The molecule has 0 unspecified atom stereocenters. The third-order valence-corrected chi connectivity index (χ3v) is 2.88. The average molecular weight is 244 g/mol. The molecule has 0 aliphatic heterocycles. The number of anilines is 1. The standard InChI is InChI=1S/C14H20N4/c1-3-8-15-9-10-18(2)14-11-16-12-6-4-5-7-13(12)17-14/h4-7,11,15H,3,8-10H2,1-2H3. The number of rotatable bonds is 6. The number of nitrogens with zero attached hydrogens (tertiary/aromatic N) is 3. The molecule has 4 heteroatoms. The Balaban J connectivity index is 2.01. The van der Waals surface area contributed by atoms with E-state index in [1.54, 1.807) is 0 Å². The minimum atomic E-state index is 0.923. The van der Waals surface area contributed by atoms with Gasteiger partial charge >= 0.3 is 0 Å². The van der Waals surface area contributed by atoms with E-state index in [0.717, 1.165) is 36.5 Å². The van der Waals surface area contributed by atoms with Crippen molar-refractivity contribution in [2.45, 2.75) is 13.3 Å². The van der Waals surface area contributed by atoms with Crippen molar-refractivity contribution in [2.75, 3.05) is 31.6 Å². The molecule has 18 heavy (non-hydrogen) atoms. The summed E-state index contributed by atoms with van der Waals surface area (Å²) >= 11 is 0. The molecule has 0 atom stereocenters. The van der Waals surface area contributed by atoms with Crippen LogP contribution >= 0.6 is 0 Å². The van der Waals surface area contributed by atoms with Crippen LogP contribution in [-0.2, 0) is 0 Å². The van der Waals surface area contributed by atoms with Crippen molar-refractivity contribution in [3.05, 3.63) is 30.5 Å². The minimum Gasteiger partial charge on any atom is -0.357 e. The molecule has 1 N–H and O–H groups in total. The van der Waals surface area contributed by atoms with Crippen molar-refractivity contribution in [3.8, 4) is 0 Å². The summed E-state index contributed by atoms with van der Waals surface area (Å²) < 4.78 is 0. The third-order valence-electron chi connectivity index (χ3n) is 2.88. The van der Waals surface area contributed by atoms with Crippen LogP contribution in [0.2, 0.25) is 0 Å². The van der Waals surface area contributed by atoms with Gasteiger partial charge in [-0.2, -0.15) is 0 Å². The second-order valence-electron chi connectivity index (χ2n) is 4.39. The topological polar surface area (TPSA) is 41.0 Å². The quantitative estimate of drug-likeness (QED) is 0.790. The van der Waals surface area contributed by atoms with Gasteiger partial charge in [-0.05, 0) is 25.1 Å². The van der Waals surface area contributed by atoms with E-state index in [4.69, 9.17) is 0 Å². The lowest BCUT2D eigenvalue weighted by Gasteiger charge is -2.18. The first-order chi connectivity index (χ1) is 8.81. The summed E-state index contributed by atoms with van der Waals surface area (Å²) in [5.74, 6) is 0.923. The Hall–Kier alpha value is -1.68. The number of hydrogen-bond acceptors (Lipinski definition) is 4. The highest BCUT2D eigenvalue weighted by atomic mass is 15.2. The molecule has 1 heterocycles. The Bertz CT molecular complexity index is 498. The summed E-state index contributed by atoms with van der Waals surface area (Å²) in [4.78, 5) is 11.2. The van der Waals surface area contributed by atoms with Crippen molar-refractivity contribution in [1.82, 2.24) is 15.3 Å². The van der Waals surface area contributed by atoms with E-state index < -0.39 is 0 Å². The molecule has 0 saturated heterocycles. The molecule has 96 valence electrons. The van der Waals surface area contributed by atoms with Crippen LogP contribution in [0.25, 0.3) is 11.0 Å². The van der Waals surface area contributed by atoms with E-state index in [1.807, 2.05) is 37.5 Å². The van der Waals surface area contributed by atoms with E-state index in [9.17, 15) is 0 Å². The summed E-state index contributed by atoms with van der Waals surface area (Å²) in [5, 5.41) is 3.38. The van der Waals surface area contributed by atoms with E-state index in [1.165, 1.54) is 6.42 Å². The number of benzene rings is 1. The van der Waals surface area contributed by atoms with Crippen LogP contribution in [0, 0.1) is 0 Å². The Morgan fingerprint density at radius 3 is 2.72 bits per heavy atom. The highest BCUT2D eigenvalue weighted by molar-refractivity contribution is 5.75. The summed E-state index contributed by atoms with van der Waals surface area (Å²) in [6.45, 7) is 5.15. The molecule has 1 aromatic carbocycles. The van der Waals surface area contributed by atoms with Gasteiger partial charge in [-0.15, -0.1) is 0 Å². The lowest BCUT2D eigenvalue weighted by molar-refractivity contribution is 0.664. The van der Waals surface area contributed by atoms with Gasteiger partial charge in [0.15, 0.2) is 0 Å². The van der Waals surface area contributed by atoms with Crippen LogP contribution in [-0.4, -0.2) is 36.6 Å². The normalized spacial score (nSPS) is 10.8. The summed E-state index contributed by atoms with van der Waals surface area (Å²) in [5.41, 5.74) is 1.89. The molecule has 2 rings (SSSR count). The van der Waals surface area contributed by atoms with Crippen LogP contribution in [0.3, 0.4) is 0 Å². The smallest absolute Gasteiger partial charge is 0.147 e. The second-order valence-corrected chi connectivity index (χ2v) is 4.39. The zero-order valence-corrected chi connectivity index (χ0v) is 11.1. The van der Waals surface area contributed by atoms with E-state index >= 15 is 0 Å². The van der Waals surface area contributed by atoms with E-state index in [0.29, 0.717) is 0 Å². The Morgan fingerprint density at radius 2 is 1.94 bits per heavy atom. The molecule has 0 radical (unpaired) electrons. The molecule has 0 aliphatic carbocycles. The molecule has 0 bridgehead atoms. The molecule has 0 fully saturated rings. The molecular formula is C14H20N4. The van der Waals surface area contributed by atoms with Gasteiger partial charge < -0.3 is 10.2 Å². The van der Waals surface area contributed by atoms with Gasteiger partial charge in [-0.3, -0.25) is 4.98 Å². The zero-order chi connectivity index (χ0) is 12.8. The number of aromatic nitrogens is 2. The van der Waals surface area contributed by atoms with Crippen molar-refractivity contribution in [1.29, 1.82) is 0 Å². The van der Waals surface area contributed by atoms with E-state index in [-0.39, 0.29) is 0 Å². The first-order valence-corrected chi connectivity index (χ1v) is 6.45. The van der Waals surface area contributed by atoms with Gasteiger partial charge in [0.05, 0.1) is 17.2 Å². The van der Waals surface area contributed by atoms with Crippen molar-refractivity contribution in [2.24, 2.45) is 0 Å². The van der Waals surface area contributed by atoms with Crippen LogP contribution in [0.4, 0.5) is 5.82 Å². The molecule has 0 spiro atoms. The molecule has 1 aromatic heterocycles. The summed E-state index contributed by atoms with van der Waals surface area (Å²) in [7, 11) is 2.05. The number of fused-ring (bicyclic) bond motifs is 1. The Kier molecular flexibility index (Phi) is 4.47. The fraction of sp³-hybridized carbons (Fsp3) is 0.429. The average Bonchev–Trinajstić information content (AvgIpc) is 2.43. The highest BCUT2D eigenvalue weighted by Crippen LogP contribution is 2.13. The van der Waals surface area contributed by atoms with Crippen LogP contribution in [0.1, 0.15) is 13.3 Å². The fourth-order valence-electron chi connectivity index (χ4n) is 1.79. The maximum absolute atomic E-state index is 4.61. The largest absolute Gasteiger partial charge is 0.357 e. The minimum absolute atomic E-state index is 0.923. The zero-order valence-electron chi connectivity index (χ0n) is 11.1. The van der Waals surface area contributed by atoms with Gasteiger partial charge in [-0.1, -0.05) is 19.1 Å². The van der Waals surface area contributed by atoms with Gasteiger partial charge in [0.1, 0.15) is 5.82 Å². The fourth-order valence-corrected chi connectivity index (χ4v) is 1.79. The maximum Gasteiger partial charge on any atom is 0.147 e. The summed E-state index contributed by atoms with van der Waals surface area (Å²) in [6, 6.07) is 7.95. The number of likely N-dealkylation sites (N-methyl/N-ethyl adjacent to an activating group) is 1. The molecular weight excluding hydrogens is 224 g/mol. The monoisotopic (exact) mass is 244 g/mol. The third kappa shape index (κ3) is 3.17. The van der Waals surface area contributed by atoms with Gasteiger partial charge in [0.2, 0.25) is 0 Å². The predicted molar refractivity (Wildman–Crippen MR) is 76.0 cm³/mol. The van der Waals surface area contributed by atoms with Crippen molar-refractivity contribution >= 4 is 16.9 Å². The molecule has 0 amide bonds. The molecule has 0 aliphatic rings. The lowest BCUT2D eigenvalue weighted by atomic mass is 10.3. The van der Waals surface area contributed by atoms with Crippen molar-refractivity contribution < 1.29 is 0 Å². The maximum atomic E-state index is 4.61. The summed E-state index contributed by atoms with van der Waals surface area (Å²) in [6.07, 6.45) is 3.00. The Labute approximate surface area is 108 Å². The van der Waals surface area contributed by atoms with Crippen LogP contribution < -0.4 is 10.2 Å².